The highest BCUT2D eigenvalue weighted by Crippen LogP contribution is 2.27. The average Bonchev–Trinajstić information content (AvgIpc) is 3.22. The predicted octanol–water partition coefficient (Wildman–Crippen LogP) is 3.54. The smallest absolute Gasteiger partial charge is 0.337 e. The highest BCUT2D eigenvalue weighted by atomic mass is 32.2. The molecule has 0 aliphatic carbocycles. The van der Waals surface area contributed by atoms with Crippen LogP contribution in [0.2, 0.25) is 0 Å². The van der Waals surface area contributed by atoms with E-state index in [9.17, 15) is 18.0 Å². The molecule has 1 aliphatic heterocycles. The molecule has 1 aromatic heterocycles. The highest BCUT2D eigenvalue weighted by molar-refractivity contribution is 7.89. The van der Waals surface area contributed by atoms with Gasteiger partial charge in [0, 0.05) is 32.3 Å². The Morgan fingerprint density at radius 1 is 1.03 bits per heavy atom. The maximum absolute atomic E-state index is 13.2. The van der Waals surface area contributed by atoms with E-state index in [0.29, 0.717) is 48.4 Å². The quantitative estimate of drug-likeness (QED) is 0.421. The van der Waals surface area contributed by atoms with Crippen LogP contribution in [0.4, 0.5) is 0 Å². The van der Waals surface area contributed by atoms with E-state index in [1.54, 1.807) is 25.3 Å². The van der Waals surface area contributed by atoms with Crippen molar-refractivity contribution in [3.05, 3.63) is 58.4 Å². The van der Waals surface area contributed by atoms with E-state index in [0.717, 1.165) is 16.6 Å². The van der Waals surface area contributed by atoms with Crippen molar-refractivity contribution in [3.63, 3.8) is 0 Å². The maximum atomic E-state index is 13.2. The lowest BCUT2D eigenvalue weighted by molar-refractivity contribution is 0.0600. The molecule has 0 bridgehead atoms. The molecule has 0 spiro atoms. The summed E-state index contributed by atoms with van der Waals surface area (Å²) in [4.78, 5) is 29.9. The van der Waals surface area contributed by atoms with Crippen LogP contribution in [0, 0.1) is 11.8 Å². The molecule has 2 aromatic carbocycles. The molecule has 9 nitrogen and oxygen atoms in total. The molecule has 198 valence electrons. The molecule has 1 saturated heterocycles. The van der Waals surface area contributed by atoms with Crippen LogP contribution in [-0.2, 0) is 26.0 Å². The van der Waals surface area contributed by atoms with Crippen LogP contribution in [0.25, 0.3) is 10.2 Å². The van der Waals surface area contributed by atoms with Crippen molar-refractivity contribution < 1.29 is 27.5 Å². The molecular weight excluding hydrogens is 514 g/mol. The Bertz CT molecular complexity index is 1460. The van der Waals surface area contributed by atoms with E-state index >= 15 is 0 Å². The normalized spacial score (nSPS) is 19.3. The number of ether oxygens (including phenoxy) is 2. The maximum Gasteiger partial charge on any atom is 0.337 e. The number of amides is 1. The van der Waals surface area contributed by atoms with Gasteiger partial charge in [-0.2, -0.15) is 9.30 Å². The molecule has 2 atom stereocenters. The van der Waals surface area contributed by atoms with Gasteiger partial charge in [0.25, 0.3) is 5.91 Å². The third kappa shape index (κ3) is 5.85. The van der Waals surface area contributed by atoms with Gasteiger partial charge in [0.2, 0.25) is 10.0 Å². The van der Waals surface area contributed by atoms with Crippen LogP contribution >= 0.6 is 11.3 Å². The molecule has 1 amide bonds. The Morgan fingerprint density at radius 2 is 1.68 bits per heavy atom. The largest absolute Gasteiger partial charge is 0.465 e. The molecular formula is C26H31N3O6S2. The highest BCUT2D eigenvalue weighted by Gasteiger charge is 2.31. The van der Waals surface area contributed by atoms with Gasteiger partial charge in [-0.3, -0.25) is 4.79 Å². The van der Waals surface area contributed by atoms with E-state index in [1.807, 2.05) is 4.57 Å². The first kappa shape index (κ1) is 27.2. The molecule has 3 aromatic rings. The minimum Gasteiger partial charge on any atom is -0.465 e. The minimum absolute atomic E-state index is 0.165. The van der Waals surface area contributed by atoms with Gasteiger partial charge in [-0.05, 0) is 60.7 Å². The average molecular weight is 546 g/mol. The molecule has 0 saturated carbocycles. The number of rotatable bonds is 7. The topological polar surface area (TPSA) is 107 Å². The first-order chi connectivity index (χ1) is 17.6. The monoisotopic (exact) mass is 545 g/mol. The number of nitrogens with zero attached hydrogens (tertiary/aromatic N) is 3. The number of hydrogen-bond donors (Lipinski definition) is 0. The summed E-state index contributed by atoms with van der Waals surface area (Å²) >= 11 is 1.28. The SMILES string of the molecule is COCCn1c(=NC(=O)c2ccc(S(=O)(=O)N3CC(C)CC(C)C3)cc2)sc2cc(C(=O)OC)ccc21. The lowest BCUT2D eigenvalue weighted by atomic mass is 9.94. The Hall–Kier alpha value is -2.86. The number of hydrogen-bond acceptors (Lipinski definition) is 7. The molecule has 0 N–H and O–H groups in total. The summed E-state index contributed by atoms with van der Waals surface area (Å²) in [6, 6.07) is 11.1. The Kier molecular flexibility index (Phi) is 8.27. The number of aromatic nitrogens is 1. The van der Waals surface area contributed by atoms with Gasteiger partial charge >= 0.3 is 5.97 Å². The number of benzene rings is 2. The zero-order valence-corrected chi connectivity index (χ0v) is 23.0. The van der Waals surface area contributed by atoms with Gasteiger partial charge < -0.3 is 14.0 Å². The van der Waals surface area contributed by atoms with Crippen LogP contribution in [-0.4, -0.2) is 63.1 Å². The van der Waals surface area contributed by atoms with E-state index in [-0.39, 0.29) is 10.5 Å². The van der Waals surface area contributed by atoms with Crippen LogP contribution < -0.4 is 4.80 Å². The summed E-state index contributed by atoms with van der Waals surface area (Å²) in [5.41, 5.74) is 1.50. The van der Waals surface area contributed by atoms with E-state index in [4.69, 9.17) is 9.47 Å². The number of esters is 1. The zero-order chi connectivity index (χ0) is 26.7. The number of fused-ring (bicyclic) bond motifs is 1. The molecule has 2 unspecified atom stereocenters. The van der Waals surface area contributed by atoms with Gasteiger partial charge in [0.15, 0.2) is 4.80 Å². The number of carbonyl (C=O) groups is 2. The molecule has 2 heterocycles. The number of thiazole rings is 1. The second-order valence-electron chi connectivity index (χ2n) is 9.41. The molecule has 1 aliphatic rings. The zero-order valence-electron chi connectivity index (χ0n) is 21.3. The lowest BCUT2D eigenvalue weighted by Gasteiger charge is -2.34. The summed E-state index contributed by atoms with van der Waals surface area (Å²) in [7, 11) is -0.726. The van der Waals surface area contributed by atoms with Crippen LogP contribution in [0.3, 0.4) is 0 Å². The molecule has 0 radical (unpaired) electrons. The molecule has 1 fully saturated rings. The van der Waals surface area contributed by atoms with E-state index in [2.05, 4.69) is 18.8 Å². The van der Waals surface area contributed by atoms with E-state index in [1.165, 1.54) is 47.0 Å². The van der Waals surface area contributed by atoms with Crippen molar-refractivity contribution in [3.8, 4) is 0 Å². The van der Waals surface area contributed by atoms with Gasteiger partial charge in [-0.25, -0.2) is 13.2 Å². The Labute approximate surface area is 220 Å². The third-order valence-corrected chi connectivity index (χ3v) is 9.28. The van der Waals surface area contributed by atoms with Gasteiger partial charge in [-0.1, -0.05) is 25.2 Å². The predicted molar refractivity (Wildman–Crippen MR) is 141 cm³/mol. The van der Waals surface area contributed by atoms with Crippen molar-refractivity contribution in [2.45, 2.75) is 31.7 Å². The molecule has 11 heteroatoms. The van der Waals surface area contributed by atoms with Crippen LogP contribution in [0.1, 0.15) is 41.0 Å². The fourth-order valence-electron chi connectivity index (χ4n) is 4.67. The van der Waals surface area contributed by atoms with Gasteiger partial charge in [-0.15, -0.1) is 0 Å². The van der Waals surface area contributed by atoms with E-state index < -0.39 is 21.9 Å². The Morgan fingerprint density at radius 3 is 2.30 bits per heavy atom. The summed E-state index contributed by atoms with van der Waals surface area (Å²) in [5, 5.41) is 0. The molecule has 37 heavy (non-hydrogen) atoms. The number of piperidine rings is 1. The second kappa shape index (κ2) is 11.3. The van der Waals surface area contributed by atoms with Gasteiger partial charge in [0.1, 0.15) is 0 Å². The fourth-order valence-corrected chi connectivity index (χ4v) is 7.45. The van der Waals surface area contributed by atoms with Crippen LogP contribution in [0.5, 0.6) is 0 Å². The van der Waals surface area contributed by atoms with Crippen molar-refractivity contribution in [2.24, 2.45) is 16.8 Å². The summed E-state index contributed by atoms with van der Waals surface area (Å²) in [6.45, 7) is 5.98. The summed E-state index contributed by atoms with van der Waals surface area (Å²) in [5.74, 6) is -0.340. The lowest BCUT2D eigenvalue weighted by Crippen LogP contribution is -2.42. The second-order valence-corrected chi connectivity index (χ2v) is 12.4. The van der Waals surface area contributed by atoms with Crippen molar-refractivity contribution >= 4 is 43.5 Å². The first-order valence-corrected chi connectivity index (χ1v) is 14.3. The summed E-state index contributed by atoms with van der Waals surface area (Å²) in [6.07, 6.45) is 1.01. The minimum atomic E-state index is -3.64. The molecule has 4 rings (SSSR count). The Balaban J connectivity index is 1.65. The number of sulfonamides is 1. The number of carbonyl (C=O) groups excluding carboxylic acids is 2. The third-order valence-electron chi connectivity index (χ3n) is 6.39. The summed E-state index contributed by atoms with van der Waals surface area (Å²) < 4.78 is 40.5. The fraction of sp³-hybridized carbons (Fsp3) is 0.423. The van der Waals surface area contributed by atoms with Gasteiger partial charge in [0.05, 0.1) is 34.4 Å². The van der Waals surface area contributed by atoms with Crippen LogP contribution in [0.15, 0.2) is 52.4 Å². The van der Waals surface area contributed by atoms with Crippen molar-refractivity contribution in [1.29, 1.82) is 0 Å². The number of methoxy groups -OCH3 is 2. The van der Waals surface area contributed by atoms with Crippen molar-refractivity contribution in [2.75, 3.05) is 33.9 Å². The van der Waals surface area contributed by atoms with Crippen molar-refractivity contribution in [1.82, 2.24) is 8.87 Å². The standard InChI is InChI=1S/C26H31N3O6S2/c1-17-13-18(2)16-28(15-17)37(32,33)21-8-5-19(6-9-21)24(30)27-26-29(11-12-34-3)22-10-7-20(25(31)35-4)14-23(22)36-26/h5-10,14,17-18H,11-13,15-16H2,1-4H3. The first-order valence-electron chi connectivity index (χ1n) is 12.0.